The monoisotopic (exact) mass is 317 g/mol. The fourth-order valence-electron chi connectivity index (χ4n) is 2.86. The second kappa shape index (κ2) is 7.62. The average molecular weight is 317 g/mol. The van der Waals surface area contributed by atoms with Gasteiger partial charge in [-0.05, 0) is 33.8 Å². The van der Waals surface area contributed by atoms with Crippen LogP contribution in [-0.4, -0.2) is 28.6 Å². The molecule has 1 aromatic carbocycles. The van der Waals surface area contributed by atoms with Crippen molar-refractivity contribution >= 4 is 0 Å². The van der Waals surface area contributed by atoms with Crippen LogP contribution in [0.5, 0.6) is 5.75 Å². The summed E-state index contributed by atoms with van der Waals surface area (Å²) >= 11 is 0. The summed E-state index contributed by atoms with van der Waals surface area (Å²) in [5.41, 5.74) is 5.68. The van der Waals surface area contributed by atoms with E-state index in [4.69, 9.17) is 9.84 Å². The molecule has 5 heteroatoms. The van der Waals surface area contributed by atoms with Gasteiger partial charge in [-0.2, -0.15) is 5.10 Å². The van der Waals surface area contributed by atoms with Crippen molar-refractivity contribution in [3.8, 4) is 5.75 Å². The van der Waals surface area contributed by atoms with E-state index >= 15 is 0 Å². The summed E-state index contributed by atoms with van der Waals surface area (Å²) in [5.74, 6) is 0.903. The number of benzene rings is 1. The predicted molar refractivity (Wildman–Crippen MR) is 91.8 cm³/mol. The van der Waals surface area contributed by atoms with Crippen LogP contribution in [0.3, 0.4) is 0 Å². The minimum Gasteiger partial charge on any atom is -0.496 e. The summed E-state index contributed by atoms with van der Waals surface area (Å²) in [6, 6.07) is 6.40. The van der Waals surface area contributed by atoms with E-state index in [1.165, 1.54) is 11.1 Å². The number of aromatic nitrogens is 2. The molecular formula is C18H27N3O2. The molecular weight excluding hydrogens is 290 g/mol. The zero-order valence-corrected chi connectivity index (χ0v) is 14.7. The van der Waals surface area contributed by atoms with Crippen molar-refractivity contribution in [1.82, 2.24) is 15.1 Å². The molecule has 5 nitrogen and oxygen atoms in total. The van der Waals surface area contributed by atoms with Crippen molar-refractivity contribution in [1.29, 1.82) is 0 Å². The molecule has 0 fully saturated rings. The summed E-state index contributed by atoms with van der Waals surface area (Å²) in [5, 5.41) is 17.2. The third-order valence-electron chi connectivity index (χ3n) is 4.28. The van der Waals surface area contributed by atoms with E-state index in [9.17, 15) is 0 Å². The molecule has 2 N–H and O–H groups in total. The van der Waals surface area contributed by atoms with E-state index in [2.05, 4.69) is 36.4 Å². The van der Waals surface area contributed by atoms with Gasteiger partial charge < -0.3 is 15.2 Å². The van der Waals surface area contributed by atoms with Gasteiger partial charge in [0.25, 0.3) is 0 Å². The number of hydrogen-bond acceptors (Lipinski definition) is 4. The van der Waals surface area contributed by atoms with Gasteiger partial charge >= 0.3 is 0 Å². The number of hydrogen-bond donors (Lipinski definition) is 2. The smallest absolute Gasteiger partial charge is 0.123 e. The number of aliphatic hydroxyl groups excluding tert-OH is 1. The molecule has 1 unspecified atom stereocenters. The summed E-state index contributed by atoms with van der Waals surface area (Å²) in [7, 11) is 1.70. The average Bonchev–Trinajstić information content (AvgIpc) is 2.79. The lowest BCUT2D eigenvalue weighted by atomic mass is 10.0. The minimum atomic E-state index is 0.103. The number of rotatable bonds is 7. The molecule has 0 bridgehead atoms. The maximum Gasteiger partial charge on any atom is 0.123 e. The predicted octanol–water partition coefficient (Wildman–Crippen LogP) is 2.66. The van der Waals surface area contributed by atoms with Crippen molar-refractivity contribution < 1.29 is 9.84 Å². The normalized spacial score (nSPS) is 12.4. The summed E-state index contributed by atoms with van der Waals surface area (Å²) in [4.78, 5) is 0. The number of ether oxygens (including phenoxy) is 1. The Labute approximate surface area is 138 Å². The fourth-order valence-corrected chi connectivity index (χ4v) is 2.86. The van der Waals surface area contributed by atoms with Gasteiger partial charge in [0.2, 0.25) is 0 Å². The Morgan fingerprint density at radius 1 is 1.30 bits per heavy atom. The van der Waals surface area contributed by atoms with Crippen LogP contribution in [-0.2, 0) is 13.1 Å². The third-order valence-corrected chi connectivity index (χ3v) is 4.28. The van der Waals surface area contributed by atoms with Crippen LogP contribution >= 0.6 is 0 Å². The standard InChI is InChI=1S/C18H27N3O2/c1-12-6-7-18(23-5)16(10-12)13(2)19-11-17-14(3)20-21(8-9-22)15(17)4/h6-7,10,13,19,22H,8-9,11H2,1-5H3. The first-order chi connectivity index (χ1) is 11.0. The summed E-state index contributed by atoms with van der Waals surface area (Å²) in [6.45, 7) is 9.66. The number of aryl methyl sites for hydroxylation is 2. The SMILES string of the molecule is COc1ccc(C)cc1C(C)NCc1c(C)nn(CCO)c1C. The Morgan fingerprint density at radius 2 is 2.04 bits per heavy atom. The van der Waals surface area contributed by atoms with Crippen LogP contribution in [0.4, 0.5) is 0 Å². The van der Waals surface area contributed by atoms with E-state index in [1.54, 1.807) is 7.11 Å². The Morgan fingerprint density at radius 3 is 2.70 bits per heavy atom. The van der Waals surface area contributed by atoms with Gasteiger partial charge in [0.1, 0.15) is 5.75 Å². The van der Waals surface area contributed by atoms with E-state index in [0.717, 1.165) is 29.2 Å². The van der Waals surface area contributed by atoms with Gasteiger partial charge in [0.15, 0.2) is 0 Å². The number of nitrogens with one attached hydrogen (secondary N) is 1. The van der Waals surface area contributed by atoms with Gasteiger partial charge in [-0.1, -0.05) is 17.7 Å². The lowest BCUT2D eigenvalue weighted by molar-refractivity contribution is 0.267. The van der Waals surface area contributed by atoms with E-state index < -0.39 is 0 Å². The van der Waals surface area contributed by atoms with Gasteiger partial charge in [-0.3, -0.25) is 4.68 Å². The van der Waals surface area contributed by atoms with Crippen molar-refractivity contribution in [2.45, 2.75) is 46.8 Å². The number of methoxy groups -OCH3 is 1. The summed E-state index contributed by atoms with van der Waals surface area (Å²) < 4.78 is 7.34. The lowest BCUT2D eigenvalue weighted by Gasteiger charge is -2.18. The first kappa shape index (κ1) is 17.5. The highest BCUT2D eigenvalue weighted by molar-refractivity contribution is 5.39. The van der Waals surface area contributed by atoms with E-state index in [-0.39, 0.29) is 12.6 Å². The molecule has 0 saturated heterocycles. The fraction of sp³-hybridized carbons (Fsp3) is 0.500. The van der Waals surface area contributed by atoms with Crippen molar-refractivity contribution in [2.75, 3.05) is 13.7 Å². The van der Waals surface area contributed by atoms with Gasteiger partial charge in [-0.15, -0.1) is 0 Å². The summed E-state index contributed by atoms with van der Waals surface area (Å²) in [6.07, 6.45) is 0. The largest absolute Gasteiger partial charge is 0.496 e. The molecule has 0 radical (unpaired) electrons. The molecule has 0 aliphatic heterocycles. The maximum atomic E-state index is 9.10. The van der Waals surface area contributed by atoms with E-state index in [0.29, 0.717) is 6.54 Å². The van der Waals surface area contributed by atoms with Crippen molar-refractivity contribution in [3.63, 3.8) is 0 Å². The topological polar surface area (TPSA) is 59.3 Å². The van der Waals surface area contributed by atoms with Crippen LogP contribution < -0.4 is 10.1 Å². The van der Waals surface area contributed by atoms with Crippen molar-refractivity contribution in [2.24, 2.45) is 0 Å². The Bertz CT molecular complexity index is 665. The van der Waals surface area contributed by atoms with E-state index in [1.807, 2.05) is 24.6 Å². The van der Waals surface area contributed by atoms with Gasteiger partial charge in [0.05, 0.1) is 26.0 Å². The second-order valence-electron chi connectivity index (χ2n) is 5.94. The maximum absolute atomic E-state index is 9.10. The molecule has 0 amide bonds. The molecule has 1 aromatic heterocycles. The number of nitrogens with zero attached hydrogens (tertiary/aromatic N) is 2. The highest BCUT2D eigenvalue weighted by atomic mass is 16.5. The lowest BCUT2D eigenvalue weighted by Crippen LogP contribution is -2.19. The minimum absolute atomic E-state index is 0.103. The van der Waals surface area contributed by atoms with Crippen LogP contribution in [0.25, 0.3) is 0 Å². The van der Waals surface area contributed by atoms with Crippen molar-refractivity contribution in [3.05, 3.63) is 46.3 Å². The molecule has 23 heavy (non-hydrogen) atoms. The van der Waals surface area contributed by atoms with Crippen LogP contribution in [0, 0.1) is 20.8 Å². The zero-order valence-electron chi connectivity index (χ0n) is 14.7. The molecule has 0 aliphatic rings. The molecule has 0 saturated carbocycles. The van der Waals surface area contributed by atoms with Gasteiger partial charge in [-0.25, -0.2) is 0 Å². The Balaban J connectivity index is 2.13. The Hall–Kier alpha value is -1.85. The van der Waals surface area contributed by atoms with Gasteiger partial charge in [0, 0.05) is 29.4 Å². The van der Waals surface area contributed by atoms with Crippen LogP contribution in [0.2, 0.25) is 0 Å². The third kappa shape index (κ3) is 3.92. The number of aliphatic hydroxyl groups is 1. The molecule has 2 aromatic rings. The molecule has 1 heterocycles. The zero-order chi connectivity index (χ0) is 17.0. The molecule has 0 spiro atoms. The van der Waals surface area contributed by atoms with Crippen LogP contribution in [0.1, 0.15) is 41.0 Å². The first-order valence-corrected chi connectivity index (χ1v) is 7.99. The molecule has 126 valence electrons. The second-order valence-corrected chi connectivity index (χ2v) is 5.94. The molecule has 0 aliphatic carbocycles. The van der Waals surface area contributed by atoms with Crippen LogP contribution in [0.15, 0.2) is 18.2 Å². The highest BCUT2D eigenvalue weighted by Crippen LogP contribution is 2.26. The molecule has 1 atom stereocenters. The molecule has 2 rings (SSSR count). The quantitative estimate of drug-likeness (QED) is 0.824. The first-order valence-electron chi connectivity index (χ1n) is 7.99. The Kier molecular flexibility index (Phi) is 5.80. The highest BCUT2D eigenvalue weighted by Gasteiger charge is 2.15.